The van der Waals surface area contributed by atoms with Crippen LogP contribution in [-0.4, -0.2) is 234 Å². The summed E-state index contributed by atoms with van der Waals surface area (Å²) in [7, 11) is -6.34. The summed E-state index contributed by atoms with van der Waals surface area (Å²) in [5.41, 5.74) is 9.57. The Hall–Kier alpha value is -11.3. The minimum absolute atomic E-state index is 0.0244. The molecule has 4 aliphatic heterocycles. The summed E-state index contributed by atoms with van der Waals surface area (Å²) in [5, 5.41) is 38.6. The zero-order chi connectivity index (χ0) is 105. The van der Waals surface area contributed by atoms with Crippen molar-refractivity contribution in [2.45, 2.75) is 108 Å². The fourth-order valence-corrected chi connectivity index (χ4v) is 23.1. The molecular formula is C105H132Cl4N22O10P4S. The van der Waals surface area contributed by atoms with Gasteiger partial charge in [0.25, 0.3) is 0 Å². The quantitative estimate of drug-likeness (QED) is 0.0182. The highest BCUT2D eigenvalue weighted by Crippen LogP contribution is 2.46. The third-order valence-corrected chi connectivity index (χ3v) is 35.0. The minimum Gasteiger partial charge on any atom is -0.495 e. The van der Waals surface area contributed by atoms with Gasteiger partial charge in [-0.25, -0.2) is 28.4 Å². The van der Waals surface area contributed by atoms with Crippen molar-refractivity contribution in [3.8, 4) is 29.1 Å². The predicted octanol–water partition coefficient (Wildman–Crippen LogP) is 22.9. The van der Waals surface area contributed by atoms with Crippen LogP contribution < -0.4 is 92.5 Å². The van der Waals surface area contributed by atoms with Gasteiger partial charge in [0, 0.05) is 121 Å². The van der Waals surface area contributed by atoms with Crippen molar-refractivity contribution in [3.63, 3.8) is 0 Å². The van der Waals surface area contributed by atoms with Gasteiger partial charge < -0.3 is 99.3 Å². The van der Waals surface area contributed by atoms with Gasteiger partial charge in [0.05, 0.1) is 113 Å². The number of likely N-dealkylation sites (tertiary alicyclic amines) is 1. The van der Waals surface area contributed by atoms with E-state index in [1.165, 1.54) is 51.0 Å². The van der Waals surface area contributed by atoms with E-state index in [0.717, 1.165) is 129 Å². The summed E-state index contributed by atoms with van der Waals surface area (Å²) in [6.45, 7) is 36.9. The Labute approximate surface area is 878 Å². The highest BCUT2D eigenvalue weighted by atomic mass is 35.5. The van der Waals surface area contributed by atoms with Crippen LogP contribution in [-0.2, 0) is 28.1 Å². The molecule has 0 radical (unpaired) electrons. The number of sulfone groups is 1. The average molecular weight is 2160 g/mol. The van der Waals surface area contributed by atoms with E-state index < -0.39 is 43.7 Å². The summed E-state index contributed by atoms with van der Waals surface area (Å²) >= 11 is 25.7. The van der Waals surface area contributed by atoms with Gasteiger partial charge in [0.2, 0.25) is 23.8 Å². The largest absolute Gasteiger partial charge is 0.495 e. The number of likely N-dealkylation sites (N-methyl/N-ethyl adjacent to an activating group) is 1. The molecule has 8 heterocycles. The van der Waals surface area contributed by atoms with Crippen LogP contribution in [0.3, 0.4) is 0 Å². The van der Waals surface area contributed by atoms with Crippen LogP contribution in [0.25, 0.3) is 0 Å². The number of nitriles is 1. The molecule has 8 aromatic carbocycles. The molecule has 4 saturated heterocycles. The predicted molar refractivity (Wildman–Crippen MR) is 604 cm³/mol. The van der Waals surface area contributed by atoms with Crippen LogP contribution in [0, 0.1) is 24.2 Å². The number of para-hydroxylation sites is 3. The van der Waals surface area contributed by atoms with Crippen molar-refractivity contribution in [1.29, 1.82) is 5.26 Å². The fourth-order valence-electron chi connectivity index (χ4n) is 17.1. The normalized spacial score (nSPS) is 14.9. The Kier molecular flexibility index (Phi) is 38.4. The van der Waals surface area contributed by atoms with Gasteiger partial charge in [-0.1, -0.05) is 95.8 Å². The van der Waals surface area contributed by atoms with E-state index in [1.807, 2.05) is 99.6 Å². The van der Waals surface area contributed by atoms with Crippen molar-refractivity contribution < 1.29 is 45.6 Å². The Morgan fingerprint density at radius 2 is 0.822 bits per heavy atom. The van der Waals surface area contributed by atoms with Crippen LogP contribution in [0.15, 0.2) is 193 Å². The maximum Gasteiger partial charge on any atom is 0.229 e. The van der Waals surface area contributed by atoms with Gasteiger partial charge in [-0.05, 0) is 274 Å². The number of methoxy groups -OCH3 is 3. The number of ether oxygens (including phenoxy) is 4. The summed E-state index contributed by atoms with van der Waals surface area (Å²) < 4.78 is 98.9. The van der Waals surface area contributed by atoms with Gasteiger partial charge in [0.15, 0.2) is 27.3 Å². The third-order valence-electron chi connectivity index (χ3n) is 25.5. The molecule has 4 fully saturated rings. The zero-order valence-electron chi connectivity index (χ0n) is 85.9. The first kappa shape index (κ1) is 112. The molecule has 32 nitrogen and oxygen atoms in total. The number of nitrogens with zero attached hydrogens (tertiary/aromatic N) is 14. The Balaban J connectivity index is 0.000000163. The maximum atomic E-state index is 12.8. The molecule has 0 bridgehead atoms. The summed E-state index contributed by atoms with van der Waals surface area (Å²) in [6, 6.07) is 53.7. The molecule has 0 amide bonds. The first-order chi connectivity index (χ1) is 69.4. The number of hydrogen-bond donors (Lipinski definition) is 8. The van der Waals surface area contributed by atoms with Crippen LogP contribution >= 0.6 is 75.0 Å². The van der Waals surface area contributed by atoms with Crippen molar-refractivity contribution >= 4 is 210 Å². The Morgan fingerprint density at radius 3 is 1.26 bits per heavy atom. The number of piperidine rings is 3. The number of aryl methyl sites for hydroxylation is 1. The van der Waals surface area contributed by atoms with E-state index in [4.69, 9.17) is 70.6 Å². The second-order valence-corrected chi connectivity index (χ2v) is 55.2. The molecule has 0 spiro atoms. The first-order valence-corrected chi connectivity index (χ1v) is 61.9. The molecule has 146 heavy (non-hydrogen) atoms. The number of aromatic nitrogens is 8. The smallest absolute Gasteiger partial charge is 0.229 e. The SMILES string of the molecule is CCN1CCC(c2ccc(Nc3ncc(Cl)c(Nc4ccccc4P(C)(C)=O)n3)c(OC(C)C)c2)CC1.COc1cc(N2CCC(C#N)CC2)ccc1Nc1ncc(Cl)c(Nc2ccccc2P(C)(C)=O)n1.COc1cc(N2CCC(N3CCN(C)CC3)CC2)ccc1Nc1ncc(Cl)c(Nc2ccc(P(C)(C)=O)cc2Cl)n1.COc1cc(P(C)(C)=O)ccc1Nc1ncc(C)c(Nc2ccccc2S(=O)(=O)C(C)C)n1. The summed E-state index contributed by atoms with van der Waals surface area (Å²) in [5.74, 6) is 6.41. The average Bonchev–Trinajstić information content (AvgIpc) is 0.782. The minimum atomic E-state index is -3.49. The van der Waals surface area contributed by atoms with Gasteiger partial charge in [-0.15, -0.1) is 0 Å². The molecule has 41 heteroatoms. The van der Waals surface area contributed by atoms with Crippen molar-refractivity contribution in [3.05, 3.63) is 220 Å². The molecule has 4 aliphatic rings. The first-order valence-electron chi connectivity index (χ1n) is 48.4. The molecule has 776 valence electrons. The van der Waals surface area contributed by atoms with Crippen LogP contribution in [0.2, 0.25) is 20.1 Å². The number of piperazine rings is 1. The fraction of sp³-hybridized carbons (Fsp3) is 0.381. The number of benzene rings is 8. The zero-order valence-corrected chi connectivity index (χ0v) is 93.3. The van der Waals surface area contributed by atoms with Gasteiger partial charge in [-0.3, -0.25) is 4.90 Å². The lowest BCUT2D eigenvalue weighted by Crippen LogP contribution is -2.52. The number of nitrogens with one attached hydrogen (secondary N) is 8. The second-order valence-electron chi connectivity index (χ2n) is 38.3. The lowest BCUT2D eigenvalue weighted by molar-refractivity contribution is 0.0982. The van der Waals surface area contributed by atoms with E-state index in [9.17, 15) is 26.7 Å². The summed E-state index contributed by atoms with van der Waals surface area (Å²) in [6.07, 6.45) is 12.6. The second kappa shape index (κ2) is 50.1. The van der Waals surface area contributed by atoms with E-state index in [2.05, 4.69) is 151 Å². The molecule has 0 aliphatic carbocycles. The molecule has 0 atom stereocenters. The number of halogens is 4. The van der Waals surface area contributed by atoms with Crippen molar-refractivity contribution in [1.82, 2.24) is 54.6 Å². The van der Waals surface area contributed by atoms with Gasteiger partial charge >= 0.3 is 0 Å². The maximum absolute atomic E-state index is 12.8. The highest BCUT2D eigenvalue weighted by Gasteiger charge is 2.32. The standard InChI is InChI=1S/C29H38Cl2N7O2P.C28H37ClN5O2P.C25H28ClN6O2P.C23H29N4O4PS/c1-36-13-15-38(16-14-36)20-9-11-37(12-10-20)21-5-7-26(27(17-21)40-2)34-29-32-19-24(31)28(35-29)33-25-8-6-22(18-23(25)30)41(3,4)39;1-6-34-15-13-20(14-16-34)21-11-12-23(25(17-21)36-19(2)3)32-28-30-18-22(29)27(33-28)31-24-9-7-8-10-26(24)37(4,5)35;1-34-22-14-18(32-12-10-17(15-27)11-13-32)8-9-20(22)30-25-28-16-19(26)24(31-25)29-21-6-4-5-7-23(21)35(2,3)33;1-15(2)33(29,30)21-10-8-7-9-19(21)25-22-16(3)14-24-23(27-22)26-18-12-11-17(32(5,6)28)13-20(18)31-4/h5-8,17-20H,9-16H2,1-4H3,(H2,32,33,34,35);7-12,17-20H,6,13-16H2,1-5H3,(H2,30,31,32,33);4-9,14,16-17H,10-13H2,1-3H3,(H2,28,29,30,31);7-15H,1-6H3,(H2,24,25,26,27). The van der Waals surface area contributed by atoms with E-state index in [0.29, 0.717) is 141 Å². The number of rotatable bonds is 32. The molecule has 0 unspecified atom stereocenters. The Morgan fingerprint density at radius 1 is 0.425 bits per heavy atom. The van der Waals surface area contributed by atoms with Crippen LogP contribution in [0.4, 0.5) is 104 Å². The van der Waals surface area contributed by atoms with Gasteiger partial charge in [-0.2, -0.15) is 25.2 Å². The molecule has 12 aromatic rings. The number of anilines is 18. The topological polar surface area (TPSA) is 379 Å². The monoisotopic (exact) mass is 2160 g/mol. The van der Waals surface area contributed by atoms with Crippen molar-refractivity contribution in [2.24, 2.45) is 5.92 Å². The summed E-state index contributed by atoms with van der Waals surface area (Å²) in [4.78, 5) is 48.1. The Bertz CT molecular complexity index is 6950. The van der Waals surface area contributed by atoms with Crippen molar-refractivity contribution in [2.75, 3.05) is 206 Å². The lowest BCUT2D eigenvalue weighted by Gasteiger charge is -2.42. The molecule has 8 N–H and O–H groups in total. The van der Waals surface area contributed by atoms with Crippen LogP contribution in [0.5, 0.6) is 23.0 Å². The molecule has 16 rings (SSSR count). The van der Waals surface area contributed by atoms with Crippen LogP contribution in [0.1, 0.15) is 90.2 Å². The van der Waals surface area contributed by atoms with E-state index >= 15 is 0 Å². The lowest BCUT2D eigenvalue weighted by atomic mass is 9.89. The number of hydrogen-bond acceptors (Lipinski definition) is 32. The van der Waals surface area contributed by atoms with Gasteiger partial charge in [0.1, 0.15) is 72.5 Å². The molecular weight excluding hydrogens is 2030 g/mol. The highest BCUT2D eigenvalue weighted by molar-refractivity contribution is 7.92. The van der Waals surface area contributed by atoms with E-state index in [-0.39, 0.29) is 16.9 Å². The molecule has 0 saturated carbocycles. The molecule has 4 aromatic heterocycles. The third kappa shape index (κ3) is 30.1. The van der Waals surface area contributed by atoms with E-state index in [1.54, 1.807) is 154 Å².